The van der Waals surface area contributed by atoms with E-state index in [1.807, 2.05) is 27.2 Å². The van der Waals surface area contributed by atoms with Crippen molar-refractivity contribution < 1.29 is 14.3 Å². The van der Waals surface area contributed by atoms with E-state index in [0.29, 0.717) is 23.7 Å². The summed E-state index contributed by atoms with van der Waals surface area (Å²) in [6.45, 7) is 10.4. The molecule has 5 heteroatoms. The van der Waals surface area contributed by atoms with Crippen molar-refractivity contribution in [2.75, 3.05) is 13.7 Å². The summed E-state index contributed by atoms with van der Waals surface area (Å²) in [5.74, 6) is 5.32. The van der Waals surface area contributed by atoms with Crippen molar-refractivity contribution in [2.45, 2.75) is 98.1 Å². The fourth-order valence-electron chi connectivity index (χ4n) is 9.30. The molecule has 7 unspecified atom stereocenters. The second-order valence-electron chi connectivity index (χ2n) is 12.9. The summed E-state index contributed by atoms with van der Waals surface area (Å²) in [6, 6.07) is 0. The highest BCUT2D eigenvalue weighted by Gasteiger charge is 2.61. The lowest BCUT2D eigenvalue weighted by molar-refractivity contribution is -0.138. The average molecular weight is 471 g/mol. The molecule has 1 aromatic rings. The Morgan fingerprint density at radius 3 is 2.62 bits per heavy atom. The van der Waals surface area contributed by atoms with Crippen molar-refractivity contribution >= 4 is 5.78 Å². The van der Waals surface area contributed by atoms with Gasteiger partial charge >= 0.3 is 0 Å². The number of hydrogen-bond acceptors (Lipinski definition) is 4. The van der Waals surface area contributed by atoms with Crippen molar-refractivity contribution in [1.29, 1.82) is 0 Å². The standard InChI is InChI=1S/C29H46N2O3/c1-19(2)34-22-15-30-31(16-22)17-27(32)26-9-8-24-23-7-6-21-14-20(18-33-5)10-12-28(21,3)25(23)11-13-29(24,26)4/h15-16,19-21,23-26H,6-14,17-18H2,1-5H3/t20?,21?,23?,24?,25?,26-,28?,29?/m1/s1. The molecule has 0 bridgehead atoms. The Balaban J connectivity index is 1.27. The Morgan fingerprint density at radius 2 is 1.85 bits per heavy atom. The van der Waals surface area contributed by atoms with Gasteiger partial charge in [-0.2, -0.15) is 5.10 Å². The number of ether oxygens (including phenoxy) is 2. The van der Waals surface area contributed by atoms with Gasteiger partial charge in [-0.15, -0.1) is 0 Å². The van der Waals surface area contributed by atoms with Gasteiger partial charge in [0.1, 0.15) is 0 Å². The van der Waals surface area contributed by atoms with E-state index in [2.05, 4.69) is 18.9 Å². The van der Waals surface area contributed by atoms with E-state index in [4.69, 9.17) is 9.47 Å². The van der Waals surface area contributed by atoms with Gasteiger partial charge in [0, 0.05) is 19.6 Å². The van der Waals surface area contributed by atoms with E-state index in [-0.39, 0.29) is 17.4 Å². The Hall–Kier alpha value is -1.36. The first-order chi connectivity index (χ1) is 16.2. The highest BCUT2D eigenvalue weighted by molar-refractivity contribution is 5.82. The zero-order valence-corrected chi connectivity index (χ0v) is 22.1. The van der Waals surface area contributed by atoms with Crippen molar-refractivity contribution in [2.24, 2.45) is 46.3 Å². The van der Waals surface area contributed by atoms with E-state index >= 15 is 0 Å². The van der Waals surface area contributed by atoms with Crippen LogP contribution in [0, 0.1) is 46.3 Å². The molecule has 4 aliphatic rings. The van der Waals surface area contributed by atoms with Crippen molar-refractivity contribution in [3.05, 3.63) is 12.4 Å². The van der Waals surface area contributed by atoms with Crippen LogP contribution >= 0.6 is 0 Å². The number of carbonyl (C=O) groups excluding carboxylic acids is 1. The number of methoxy groups -OCH3 is 1. The molecule has 5 rings (SSSR count). The lowest BCUT2D eigenvalue weighted by atomic mass is 9.44. The number of Topliss-reactive ketones (excluding diaryl/α,β-unsaturated/α-hetero) is 1. The van der Waals surface area contributed by atoms with Gasteiger partial charge in [0.2, 0.25) is 0 Å². The van der Waals surface area contributed by atoms with Gasteiger partial charge < -0.3 is 9.47 Å². The van der Waals surface area contributed by atoms with Crippen LogP contribution < -0.4 is 4.74 Å². The molecule has 1 heterocycles. The first kappa shape index (κ1) is 24.3. The van der Waals surface area contributed by atoms with Crippen LogP contribution in [-0.4, -0.2) is 35.4 Å². The quantitative estimate of drug-likeness (QED) is 0.479. The van der Waals surface area contributed by atoms with Gasteiger partial charge in [-0.05, 0) is 112 Å². The molecule has 0 aliphatic heterocycles. The Morgan fingerprint density at radius 1 is 1.09 bits per heavy atom. The summed E-state index contributed by atoms with van der Waals surface area (Å²) in [4.78, 5) is 13.5. The molecule has 0 N–H and O–H groups in total. The van der Waals surface area contributed by atoms with E-state index in [1.54, 1.807) is 10.9 Å². The number of carbonyl (C=O) groups is 1. The van der Waals surface area contributed by atoms with Gasteiger partial charge in [-0.1, -0.05) is 13.8 Å². The van der Waals surface area contributed by atoms with Crippen LogP contribution in [0.25, 0.3) is 0 Å². The topological polar surface area (TPSA) is 53.4 Å². The molecule has 4 saturated carbocycles. The molecular weight excluding hydrogens is 424 g/mol. The molecule has 4 fully saturated rings. The molecule has 0 aromatic carbocycles. The second-order valence-corrected chi connectivity index (χ2v) is 12.9. The van der Waals surface area contributed by atoms with Crippen LogP contribution in [0.4, 0.5) is 0 Å². The molecule has 8 atom stereocenters. The first-order valence-electron chi connectivity index (χ1n) is 14.0. The van der Waals surface area contributed by atoms with Gasteiger partial charge in [-0.3, -0.25) is 9.48 Å². The molecule has 0 amide bonds. The molecule has 5 nitrogen and oxygen atoms in total. The normalized spacial score (nSPS) is 41.6. The molecular formula is C29H46N2O3. The number of fused-ring (bicyclic) bond motifs is 5. The second kappa shape index (κ2) is 9.26. The minimum atomic E-state index is 0.116. The highest BCUT2D eigenvalue weighted by Crippen LogP contribution is 2.67. The zero-order chi connectivity index (χ0) is 24.1. The van der Waals surface area contributed by atoms with Crippen LogP contribution in [0.2, 0.25) is 0 Å². The average Bonchev–Trinajstić information content (AvgIpc) is 3.37. The fourth-order valence-corrected chi connectivity index (χ4v) is 9.30. The van der Waals surface area contributed by atoms with Gasteiger partial charge in [-0.25, -0.2) is 0 Å². The SMILES string of the molecule is COCC1CCC2(C)C(CCC3C2CCC2(C)C3CC[C@@H]2C(=O)Cn2cc(OC(C)C)cn2)C1. The van der Waals surface area contributed by atoms with Gasteiger partial charge in [0.05, 0.1) is 25.0 Å². The highest BCUT2D eigenvalue weighted by atomic mass is 16.5. The Labute approximate surface area is 206 Å². The Kier molecular flexibility index (Phi) is 6.63. The van der Waals surface area contributed by atoms with Crippen LogP contribution in [0.15, 0.2) is 12.4 Å². The third-order valence-corrected chi connectivity index (χ3v) is 10.9. The van der Waals surface area contributed by atoms with Crippen LogP contribution in [-0.2, 0) is 16.1 Å². The molecule has 34 heavy (non-hydrogen) atoms. The molecule has 1 aromatic heterocycles. The summed E-state index contributed by atoms with van der Waals surface area (Å²) in [6.07, 6.45) is 15.4. The van der Waals surface area contributed by atoms with Crippen molar-refractivity contribution in [3.8, 4) is 5.75 Å². The smallest absolute Gasteiger partial charge is 0.157 e. The third kappa shape index (κ3) is 4.14. The van der Waals surface area contributed by atoms with Crippen LogP contribution in [0.5, 0.6) is 5.75 Å². The predicted molar refractivity (Wildman–Crippen MR) is 134 cm³/mol. The number of aromatic nitrogens is 2. The molecule has 0 spiro atoms. The van der Waals surface area contributed by atoms with E-state index in [9.17, 15) is 4.79 Å². The molecule has 4 aliphatic carbocycles. The first-order valence-corrected chi connectivity index (χ1v) is 14.0. The van der Waals surface area contributed by atoms with Gasteiger partial charge in [0.15, 0.2) is 11.5 Å². The van der Waals surface area contributed by atoms with E-state index in [1.165, 1.54) is 51.4 Å². The summed E-state index contributed by atoms with van der Waals surface area (Å²) in [7, 11) is 1.86. The summed E-state index contributed by atoms with van der Waals surface area (Å²) < 4.78 is 13.0. The van der Waals surface area contributed by atoms with E-state index in [0.717, 1.165) is 42.4 Å². The van der Waals surface area contributed by atoms with Crippen LogP contribution in [0.1, 0.15) is 85.5 Å². The lowest BCUT2D eigenvalue weighted by Crippen LogP contribution is -2.54. The fraction of sp³-hybridized carbons (Fsp3) is 0.862. The van der Waals surface area contributed by atoms with Crippen LogP contribution in [0.3, 0.4) is 0 Å². The number of nitrogens with zero attached hydrogens (tertiary/aromatic N) is 2. The Bertz CT molecular complexity index is 880. The third-order valence-electron chi connectivity index (χ3n) is 10.9. The number of hydrogen-bond donors (Lipinski definition) is 0. The largest absolute Gasteiger partial charge is 0.488 e. The maximum absolute atomic E-state index is 13.5. The van der Waals surface area contributed by atoms with E-state index < -0.39 is 0 Å². The predicted octanol–water partition coefficient (Wildman–Crippen LogP) is 6.16. The summed E-state index contributed by atoms with van der Waals surface area (Å²) in [5.41, 5.74) is 0.664. The number of ketones is 1. The molecule has 190 valence electrons. The summed E-state index contributed by atoms with van der Waals surface area (Å²) in [5, 5.41) is 4.41. The minimum Gasteiger partial charge on any atom is -0.488 e. The maximum atomic E-state index is 13.5. The van der Waals surface area contributed by atoms with Crippen molar-refractivity contribution in [1.82, 2.24) is 9.78 Å². The number of rotatable bonds is 7. The summed E-state index contributed by atoms with van der Waals surface area (Å²) >= 11 is 0. The van der Waals surface area contributed by atoms with Gasteiger partial charge in [0.25, 0.3) is 0 Å². The minimum absolute atomic E-state index is 0.116. The van der Waals surface area contributed by atoms with Crippen molar-refractivity contribution in [3.63, 3.8) is 0 Å². The molecule has 0 saturated heterocycles. The maximum Gasteiger partial charge on any atom is 0.157 e. The monoisotopic (exact) mass is 470 g/mol. The lowest BCUT2D eigenvalue weighted by Gasteiger charge is -2.61. The molecule has 0 radical (unpaired) electrons. The zero-order valence-electron chi connectivity index (χ0n) is 22.1.